The van der Waals surface area contributed by atoms with E-state index < -0.39 is 41.1 Å². The highest BCUT2D eigenvalue weighted by Crippen LogP contribution is 2.65. The Labute approximate surface area is 250 Å². The summed E-state index contributed by atoms with van der Waals surface area (Å²) in [4.78, 5) is 48.2. The molecule has 1 N–H and O–H groups in total. The molecule has 2 bridgehead atoms. The molecule has 3 heterocycles. The van der Waals surface area contributed by atoms with Crippen LogP contribution in [-0.4, -0.2) is 83.9 Å². The highest BCUT2D eigenvalue weighted by molar-refractivity contribution is 6.05. The summed E-state index contributed by atoms with van der Waals surface area (Å²) in [7, 11) is 0. The number of hydrogen-bond donors (Lipinski definition) is 1. The van der Waals surface area contributed by atoms with E-state index in [1.165, 1.54) is 0 Å². The fourth-order valence-corrected chi connectivity index (χ4v) is 7.79. The summed E-state index contributed by atoms with van der Waals surface area (Å²) in [5.74, 6) is -2.74. The van der Waals surface area contributed by atoms with E-state index in [4.69, 9.17) is 9.47 Å². The largest absolute Gasteiger partial charge is 0.466 e. The fraction of sp³-hybridized carbons (Fsp3) is 0.667. The zero-order chi connectivity index (χ0) is 31.0. The molecule has 3 aliphatic rings. The van der Waals surface area contributed by atoms with Crippen LogP contribution in [0.25, 0.3) is 0 Å². The van der Waals surface area contributed by atoms with Crippen molar-refractivity contribution in [3.05, 3.63) is 36.9 Å². The predicted octanol–water partition coefficient (Wildman–Crippen LogP) is 4.03. The molecule has 3 fully saturated rings. The number of nitrogens with zero attached hydrogens (tertiary/aromatic N) is 3. The van der Waals surface area contributed by atoms with Crippen molar-refractivity contribution < 1.29 is 29.0 Å². The Morgan fingerprint density at radius 2 is 1.81 bits per heavy atom. The van der Waals surface area contributed by atoms with Gasteiger partial charge in [0.05, 0.1) is 30.8 Å². The van der Waals surface area contributed by atoms with E-state index in [2.05, 4.69) is 25.3 Å². The first-order chi connectivity index (χ1) is 19.9. The quantitative estimate of drug-likeness (QED) is 0.277. The lowest BCUT2D eigenvalue weighted by molar-refractivity contribution is -0.162. The van der Waals surface area contributed by atoms with Crippen LogP contribution in [0.4, 0.5) is 11.4 Å². The molecule has 1 aromatic carbocycles. The summed E-state index contributed by atoms with van der Waals surface area (Å²) in [6, 6.07) is 6.21. The number of amides is 2. The zero-order valence-corrected chi connectivity index (χ0v) is 26.3. The van der Waals surface area contributed by atoms with Gasteiger partial charge in [0, 0.05) is 31.0 Å². The Morgan fingerprint density at radius 1 is 1.19 bits per heavy atom. The maximum atomic E-state index is 14.9. The van der Waals surface area contributed by atoms with E-state index >= 15 is 0 Å². The van der Waals surface area contributed by atoms with Crippen LogP contribution in [0, 0.1) is 23.7 Å². The number of carbonyl (C=O) groups is 3. The first kappa shape index (κ1) is 32.0. The average Bonchev–Trinajstić information content (AvgIpc) is 3.47. The van der Waals surface area contributed by atoms with Crippen molar-refractivity contribution in [1.29, 1.82) is 0 Å². The van der Waals surface area contributed by atoms with Gasteiger partial charge in [-0.1, -0.05) is 26.8 Å². The maximum Gasteiger partial charge on any atom is 0.312 e. The van der Waals surface area contributed by atoms with E-state index in [9.17, 15) is 19.5 Å². The molecule has 3 aliphatic heterocycles. The highest BCUT2D eigenvalue weighted by Gasteiger charge is 2.80. The van der Waals surface area contributed by atoms with Gasteiger partial charge in [0.1, 0.15) is 17.6 Å². The number of benzene rings is 1. The third kappa shape index (κ3) is 5.02. The Balaban J connectivity index is 1.84. The smallest absolute Gasteiger partial charge is 0.312 e. The summed E-state index contributed by atoms with van der Waals surface area (Å²) >= 11 is 0. The van der Waals surface area contributed by atoms with Crippen LogP contribution in [0.2, 0.25) is 0 Å². The third-order valence-corrected chi connectivity index (χ3v) is 9.74. The zero-order valence-electron chi connectivity index (χ0n) is 26.3. The number of likely N-dealkylation sites (tertiary alicyclic amines) is 1. The van der Waals surface area contributed by atoms with Crippen LogP contribution >= 0.6 is 0 Å². The molecule has 232 valence electrons. The second kappa shape index (κ2) is 12.4. The van der Waals surface area contributed by atoms with Crippen LogP contribution in [0.15, 0.2) is 36.9 Å². The molecule has 1 aromatic rings. The molecule has 9 nitrogen and oxygen atoms in total. The maximum absolute atomic E-state index is 14.9. The molecule has 42 heavy (non-hydrogen) atoms. The van der Waals surface area contributed by atoms with E-state index in [1.54, 1.807) is 22.8 Å². The highest BCUT2D eigenvalue weighted by atomic mass is 16.6. The second-order valence-electron chi connectivity index (χ2n) is 12.6. The van der Waals surface area contributed by atoms with Gasteiger partial charge in [-0.3, -0.25) is 14.4 Å². The lowest BCUT2D eigenvalue weighted by Gasteiger charge is -2.40. The Bertz CT molecular complexity index is 1170. The number of anilines is 2. The van der Waals surface area contributed by atoms with Gasteiger partial charge in [-0.05, 0) is 76.6 Å². The monoisotopic (exact) mass is 583 g/mol. The van der Waals surface area contributed by atoms with Crippen molar-refractivity contribution in [2.45, 2.75) is 84.6 Å². The van der Waals surface area contributed by atoms with Gasteiger partial charge in [-0.2, -0.15) is 0 Å². The van der Waals surface area contributed by atoms with Gasteiger partial charge < -0.3 is 29.3 Å². The third-order valence-electron chi connectivity index (χ3n) is 9.74. The fourth-order valence-electron chi connectivity index (χ4n) is 7.79. The van der Waals surface area contributed by atoms with Gasteiger partial charge in [0.15, 0.2) is 0 Å². The number of rotatable bonds is 13. The normalized spacial score (nSPS) is 30.4. The topological polar surface area (TPSA) is 99.6 Å². The number of aliphatic hydroxyl groups is 1. The van der Waals surface area contributed by atoms with E-state index in [1.807, 2.05) is 52.0 Å². The van der Waals surface area contributed by atoms with Crippen molar-refractivity contribution in [3.8, 4) is 0 Å². The first-order valence-corrected chi connectivity index (χ1v) is 15.5. The van der Waals surface area contributed by atoms with Crippen molar-refractivity contribution in [2.24, 2.45) is 23.7 Å². The Morgan fingerprint density at radius 3 is 2.33 bits per heavy atom. The molecule has 3 unspecified atom stereocenters. The summed E-state index contributed by atoms with van der Waals surface area (Å²) in [5, 5.41) is 10.6. The van der Waals surface area contributed by atoms with Crippen LogP contribution < -0.4 is 9.80 Å². The molecular formula is C33H49N3O6. The molecule has 0 radical (unpaired) electrons. The number of ether oxygens (including phenoxy) is 2. The van der Waals surface area contributed by atoms with Crippen LogP contribution in [0.3, 0.4) is 0 Å². The lowest BCUT2D eigenvalue weighted by atomic mass is 9.62. The van der Waals surface area contributed by atoms with Crippen LogP contribution in [0.1, 0.15) is 61.3 Å². The molecule has 3 saturated heterocycles. The Kier molecular flexibility index (Phi) is 9.43. The SMILES string of the molecule is C=CCN(C(=O)C1N([C@@H](CO)CC(C)C)C(=O)[C@@H]2[C@@H](C(=O)OCC)[C@]3(C)OC12CC3C)c1ccc(N(CC)CC)cc1. The number of fused-ring (bicyclic) bond motifs is 1. The second-order valence-corrected chi connectivity index (χ2v) is 12.6. The van der Waals surface area contributed by atoms with Gasteiger partial charge in [0.2, 0.25) is 5.91 Å². The van der Waals surface area contributed by atoms with E-state index in [0.717, 1.165) is 18.8 Å². The van der Waals surface area contributed by atoms with Gasteiger partial charge in [-0.25, -0.2) is 0 Å². The summed E-state index contributed by atoms with van der Waals surface area (Å²) in [6.07, 6.45) is 2.62. The van der Waals surface area contributed by atoms with E-state index in [-0.39, 0.29) is 43.4 Å². The molecule has 0 aliphatic carbocycles. The van der Waals surface area contributed by atoms with Crippen LogP contribution in [-0.2, 0) is 23.9 Å². The van der Waals surface area contributed by atoms with Gasteiger partial charge in [-0.15, -0.1) is 6.58 Å². The Hall–Kier alpha value is -2.91. The molecule has 0 aromatic heterocycles. The van der Waals surface area contributed by atoms with Crippen LogP contribution in [0.5, 0.6) is 0 Å². The number of hydrogen-bond acceptors (Lipinski definition) is 7. The van der Waals surface area contributed by atoms with Crippen molar-refractivity contribution in [3.63, 3.8) is 0 Å². The molecule has 7 atom stereocenters. The number of esters is 1. The molecule has 4 rings (SSSR count). The molecule has 9 heteroatoms. The van der Waals surface area contributed by atoms with Crippen molar-refractivity contribution >= 4 is 29.2 Å². The molecule has 2 amide bonds. The minimum absolute atomic E-state index is 0.0925. The number of carbonyl (C=O) groups excluding carboxylic acids is 3. The van der Waals surface area contributed by atoms with Crippen molar-refractivity contribution in [2.75, 3.05) is 42.6 Å². The summed E-state index contributed by atoms with van der Waals surface area (Å²) < 4.78 is 12.3. The standard InChI is InChI=1S/C33H49N3O6/c1-9-17-35(24-15-13-23(14-16-24)34(10-2)11-3)30(39)28-33-19-22(7)32(8,42-33)27(31(40)41-12-4)26(33)29(38)36(28)25(20-37)18-21(5)6/h9,13-16,21-22,25-28,37H,1,10-12,17-20H2,2-8H3/t22?,25-,26+,27+,28?,32-,33?/m1/s1. The van der Waals surface area contributed by atoms with Gasteiger partial charge >= 0.3 is 5.97 Å². The molecular weight excluding hydrogens is 534 g/mol. The first-order valence-electron chi connectivity index (χ1n) is 15.5. The lowest BCUT2D eigenvalue weighted by Crippen LogP contribution is -2.59. The minimum Gasteiger partial charge on any atom is -0.466 e. The predicted molar refractivity (Wildman–Crippen MR) is 163 cm³/mol. The number of aliphatic hydroxyl groups excluding tert-OH is 1. The van der Waals surface area contributed by atoms with E-state index in [0.29, 0.717) is 18.5 Å². The summed E-state index contributed by atoms with van der Waals surface area (Å²) in [5.41, 5.74) is -0.426. The van der Waals surface area contributed by atoms with Crippen molar-refractivity contribution in [1.82, 2.24) is 4.90 Å². The molecule has 1 spiro atoms. The summed E-state index contributed by atoms with van der Waals surface area (Å²) in [6.45, 7) is 19.6. The minimum atomic E-state index is -1.22. The van der Waals surface area contributed by atoms with Gasteiger partial charge in [0.25, 0.3) is 5.91 Å². The molecule has 0 saturated carbocycles. The average molecular weight is 584 g/mol.